The summed E-state index contributed by atoms with van der Waals surface area (Å²) in [6.45, 7) is 3.24. The van der Waals surface area contributed by atoms with Crippen molar-refractivity contribution >= 4 is 0 Å². The molecule has 0 aliphatic rings. The zero-order valence-corrected chi connectivity index (χ0v) is 10.8. The fraction of sp³-hybridized carbons (Fsp3) is 0.267. The van der Waals surface area contributed by atoms with E-state index < -0.39 is 0 Å². The maximum atomic E-state index is 8.66. The van der Waals surface area contributed by atoms with Gasteiger partial charge in [0.15, 0.2) is 0 Å². The first-order chi connectivity index (χ1) is 9.31. The molecule has 0 fully saturated rings. The zero-order chi connectivity index (χ0) is 13.5. The zero-order valence-electron chi connectivity index (χ0n) is 10.8. The van der Waals surface area contributed by atoms with E-state index in [1.807, 2.05) is 42.1 Å². The van der Waals surface area contributed by atoms with Crippen LogP contribution in [0.3, 0.4) is 0 Å². The van der Waals surface area contributed by atoms with E-state index in [1.165, 1.54) is 0 Å². The van der Waals surface area contributed by atoms with Gasteiger partial charge in [-0.2, -0.15) is 5.10 Å². The summed E-state index contributed by atoms with van der Waals surface area (Å²) in [6.07, 6.45) is 3.77. The van der Waals surface area contributed by atoms with Crippen LogP contribution < -0.4 is 4.74 Å². The van der Waals surface area contributed by atoms with Gasteiger partial charge in [-0.25, -0.2) is 0 Å². The molecule has 0 radical (unpaired) electrons. The molecular weight excluding hydrogens is 240 g/mol. The van der Waals surface area contributed by atoms with Crippen molar-refractivity contribution in [2.75, 3.05) is 6.61 Å². The number of benzene rings is 1. The predicted molar refractivity (Wildman–Crippen MR) is 72.6 cm³/mol. The predicted octanol–water partition coefficient (Wildman–Crippen LogP) is 1.83. The molecule has 1 heterocycles. The van der Waals surface area contributed by atoms with Gasteiger partial charge in [-0.1, -0.05) is 17.9 Å². The van der Waals surface area contributed by atoms with Crippen LogP contribution in [0.1, 0.15) is 18.1 Å². The van der Waals surface area contributed by atoms with Gasteiger partial charge in [-0.05, 0) is 25.1 Å². The standard InChI is InChI=1S/C15H16N2O2/c1-2-17-11-14(10-16-17)12-19-15-7-3-5-13(9-15)6-4-8-18/h3,5,7,9-11,18H,2,8,12H2,1H3. The third-order valence-electron chi connectivity index (χ3n) is 2.56. The number of hydrogen-bond acceptors (Lipinski definition) is 3. The van der Waals surface area contributed by atoms with Crippen LogP contribution in [0.4, 0.5) is 0 Å². The molecule has 2 aromatic rings. The number of nitrogens with zero attached hydrogens (tertiary/aromatic N) is 2. The third-order valence-corrected chi connectivity index (χ3v) is 2.56. The van der Waals surface area contributed by atoms with Crippen molar-refractivity contribution in [1.29, 1.82) is 0 Å². The Kier molecular flexibility index (Phi) is 4.60. The maximum absolute atomic E-state index is 8.66. The molecule has 0 bridgehead atoms. The lowest BCUT2D eigenvalue weighted by Crippen LogP contribution is -1.95. The largest absolute Gasteiger partial charge is 0.489 e. The summed E-state index contributed by atoms with van der Waals surface area (Å²) < 4.78 is 7.55. The van der Waals surface area contributed by atoms with Crippen LogP contribution in [0, 0.1) is 11.8 Å². The van der Waals surface area contributed by atoms with Crippen LogP contribution in [0.2, 0.25) is 0 Å². The van der Waals surface area contributed by atoms with Crippen molar-refractivity contribution in [2.24, 2.45) is 0 Å². The molecule has 0 amide bonds. The molecule has 2 rings (SSSR count). The third kappa shape index (κ3) is 3.87. The van der Waals surface area contributed by atoms with E-state index in [0.717, 1.165) is 23.4 Å². The summed E-state index contributed by atoms with van der Waals surface area (Å²) in [4.78, 5) is 0. The molecule has 19 heavy (non-hydrogen) atoms. The average Bonchev–Trinajstić information content (AvgIpc) is 2.91. The van der Waals surface area contributed by atoms with Crippen LogP contribution in [0.5, 0.6) is 5.75 Å². The summed E-state index contributed by atoms with van der Waals surface area (Å²) in [7, 11) is 0. The number of aliphatic hydroxyl groups excluding tert-OH is 1. The van der Waals surface area contributed by atoms with Gasteiger partial charge >= 0.3 is 0 Å². The highest BCUT2D eigenvalue weighted by molar-refractivity contribution is 5.39. The topological polar surface area (TPSA) is 47.3 Å². The van der Waals surface area contributed by atoms with Crippen LogP contribution in [-0.4, -0.2) is 21.5 Å². The number of hydrogen-bond donors (Lipinski definition) is 1. The first kappa shape index (κ1) is 13.2. The van der Waals surface area contributed by atoms with Crippen LogP contribution in [-0.2, 0) is 13.2 Å². The highest BCUT2D eigenvalue weighted by Gasteiger charge is 1.99. The minimum absolute atomic E-state index is 0.138. The molecule has 1 aromatic heterocycles. The first-order valence-electron chi connectivity index (χ1n) is 6.15. The SMILES string of the molecule is CCn1cc(COc2cccc(C#CCO)c2)cn1. The summed E-state index contributed by atoms with van der Waals surface area (Å²) in [6, 6.07) is 7.50. The van der Waals surface area contributed by atoms with Gasteiger partial charge in [0.25, 0.3) is 0 Å². The quantitative estimate of drug-likeness (QED) is 0.849. The Labute approximate surface area is 112 Å². The molecule has 98 valence electrons. The second-order valence-electron chi connectivity index (χ2n) is 3.98. The molecule has 0 aliphatic carbocycles. The van der Waals surface area contributed by atoms with Crippen molar-refractivity contribution in [2.45, 2.75) is 20.1 Å². The molecule has 0 saturated carbocycles. The lowest BCUT2D eigenvalue weighted by molar-refractivity contribution is 0.306. The molecule has 1 N–H and O–H groups in total. The molecule has 0 aliphatic heterocycles. The minimum Gasteiger partial charge on any atom is -0.489 e. The van der Waals surface area contributed by atoms with Gasteiger partial charge < -0.3 is 9.84 Å². The van der Waals surface area contributed by atoms with Crippen LogP contribution in [0.15, 0.2) is 36.7 Å². The van der Waals surface area contributed by atoms with E-state index in [0.29, 0.717) is 6.61 Å². The van der Waals surface area contributed by atoms with Gasteiger partial charge in [-0.15, -0.1) is 0 Å². The second kappa shape index (κ2) is 6.62. The number of aryl methyl sites for hydroxylation is 1. The van der Waals surface area contributed by atoms with Crippen molar-refractivity contribution in [3.05, 3.63) is 47.8 Å². The summed E-state index contributed by atoms with van der Waals surface area (Å²) in [5.74, 6) is 6.22. The van der Waals surface area contributed by atoms with Crippen molar-refractivity contribution in [1.82, 2.24) is 9.78 Å². The Bertz CT molecular complexity index is 593. The number of rotatable bonds is 4. The lowest BCUT2D eigenvalue weighted by atomic mass is 10.2. The van der Waals surface area contributed by atoms with Gasteiger partial charge in [-0.3, -0.25) is 4.68 Å². The number of aliphatic hydroxyl groups is 1. The minimum atomic E-state index is -0.138. The van der Waals surface area contributed by atoms with Crippen LogP contribution >= 0.6 is 0 Å². The van der Waals surface area contributed by atoms with Crippen molar-refractivity contribution < 1.29 is 9.84 Å². The Morgan fingerprint density at radius 1 is 1.42 bits per heavy atom. The van der Waals surface area contributed by atoms with Crippen LogP contribution in [0.25, 0.3) is 0 Å². The van der Waals surface area contributed by atoms with E-state index in [2.05, 4.69) is 16.9 Å². The lowest BCUT2D eigenvalue weighted by Gasteiger charge is -2.04. The highest BCUT2D eigenvalue weighted by Crippen LogP contribution is 2.14. The Hall–Kier alpha value is -2.25. The van der Waals surface area contributed by atoms with E-state index in [1.54, 1.807) is 6.20 Å². The molecular formula is C15H16N2O2. The molecule has 0 saturated heterocycles. The summed E-state index contributed by atoms with van der Waals surface area (Å²) >= 11 is 0. The van der Waals surface area contributed by atoms with E-state index >= 15 is 0 Å². The average molecular weight is 256 g/mol. The smallest absolute Gasteiger partial charge is 0.121 e. The van der Waals surface area contributed by atoms with E-state index in [4.69, 9.17) is 9.84 Å². The Morgan fingerprint density at radius 2 is 2.32 bits per heavy atom. The first-order valence-corrected chi connectivity index (χ1v) is 6.15. The summed E-state index contributed by atoms with van der Waals surface area (Å²) in [5.41, 5.74) is 1.87. The molecule has 1 aromatic carbocycles. The van der Waals surface area contributed by atoms with Gasteiger partial charge in [0.2, 0.25) is 0 Å². The highest BCUT2D eigenvalue weighted by atomic mass is 16.5. The normalized spacial score (nSPS) is 9.79. The molecule has 4 heteroatoms. The van der Waals surface area contributed by atoms with Gasteiger partial charge in [0.1, 0.15) is 19.0 Å². The van der Waals surface area contributed by atoms with Crippen molar-refractivity contribution in [3.8, 4) is 17.6 Å². The Balaban J connectivity index is 1.99. The second-order valence-corrected chi connectivity index (χ2v) is 3.98. The number of aromatic nitrogens is 2. The van der Waals surface area contributed by atoms with E-state index in [-0.39, 0.29) is 6.61 Å². The maximum Gasteiger partial charge on any atom is 0.121 e. The monoisotopic (exact) mass is 256 g/mol. The van der Waals surface area contributed by atoms with Crippen molar-refractivity contribution in [3.63, 3.8) is 0 Å². The fourth-order valence-corrected chi connectivity index (χ4v) is 1.63. The van der Waals surface area contributed by atoms with Gasteiger partial charge in [0, 0.05) is 23.9 Å². The molecule has 0 atom stereocenters. The van der Waals surface area contributed by atoms with E-state index in [9.17, 15) is 0 Å². The molecule has 0 spiro atoms. The number of ether oxygens (including phenoxy) is 1. The summed E-state index contributed by atoms with van der Waals surface area (Å²) in [5, 5.41) is 12.9. The van der Waals surface area contributed by atoms with Gasteiger partial charge in [0.05, 0.1) is 6.20 Å². The Morgan fingerprint density at radius 3 is 3.05 bits per heavy atom. The molecule has 0 unspecified atom stereocenters. The fourth-order valence-electron chi connectivity index (χ4n) is 1.63. The molecule has 4 nitrogen and oxygen atoms in total.